The predicted octanol–water partition coefficient (Wildman–Crippen LogP) is 6.80. The average molecular weight is 564 g/mol. The molecule has 1 spiro atoms. The van der Waals surface area contributed by atoms with Gasteiger partial charge in [-0.25, -0.2) is 4.39 Å². The SMILES string of the molecule is COc1cccc(C(=O)C2C(c3ccc(Cl)cc3)C3(C(=O)c4ccccc4C3=O)C3C=Cc4cc(F)ccc4N23)c1. The van der Waals surface area contributed by atoms with Gasteiger partial charge >= 0.3 is 0 Å². The third kappa shape index (κ3) is 3.50. The van der Waals surface area contributed by atoms with Crippen LogP contribution in [0.2, 0.25) is 5.02 Å². The van der Waals surface area contributed by atoms with Gasteiger partial charge in [-0.05, 0) is 48.0 Å². The molecule has 202 valence electrons. The van der Waals surface area contributed by atoms with E-state index in [0.29, 0.717) is 44.3 Å². The number of nitrogens with zero attached hydrogens (tertiary/aromatic N) is 1. The maximum absolute atomic E-state index is 14.7. The first-order valence-corrected chi connectivity index (χ1v) is 13.6. The Bertz CT molecular complexity index is 1760. The van der Waals surface area contributed by atoms with Gasteiger partial charge in [0.1, 0.15) is 23.0 Å². The molecule has 7 heteroatoms. The van der Waals surface area contributed by atoms with Gasteiger partial charge in [-0.3, -0.25) is 14.4 Å². The Kier molecular flexibility index (Phi) is 5.73. The molecule has 0 N–H and O–H groups in total. The highest BCUT2D eigenvalue weighted by Gasteiger charge is 2.71. The Hall–Kier alpha value is -4.55. The summed E-state index contributed by atoms with van der Waals surface area (Å²) < 4.78 is 19.8. The van der Waals surface area contributed by atoms with Gasteiger partial charge in [-0.2, -0.15) is 0 Å². The number of ether oxygens (including phenoxy) is 1. The molecule has 3 atom stereocenters. The van der Waals surface area contributed by atoms with Gasteiger partial charge < -0.3 is 9.64 Å². The molecule has 0 bridgehead atoms. The van der Waals surface area contributed by atoms with Crippen LogP contribution >= 0.6 is 11.6 Å². The Morgan fingerprint density at radius 2 is 1.61 bits per heavy atom. The second-order valence-corrected chi connectivity index (χ2v) is 11.0. The molecule has 0 aromatic heterocycles. The van der Waals surface area contributed by atoms with Crippen molar-refractivity contribution in [3.05, 3.63) is 136 Å². The number of halogens is 2. The van der Waals surface area contributed by atoms with Gasteiger partial charge in [-0.1, -0.05) is 72.3 Å². The number of Topliss-reactive ketones (excluding diaryl/α,β-unsaturated/α-hetero) is 3. The summed E-state index contributed by atoms with van der Waals surface area (Å²) in [6.07, 6.45) is 3.51. The van der Waals surface area contributed by atoms with E-state index in [1.165, 1.54) is 19.2 Å². The number of benzene rings is 4. The quantitative estimate of drug-likeness (QED) is 0.202. The van der Waals surface area contributed by atoms with Crippen LogP contribution in [0.15, 0.2) is 97.1 Å². The van der Waals surface area contributed by atoms with Crippen LogP contribution in [0, 0.1) is 11.2 Å². The monoisotopic (exact) mass is 563 g/mol. The first-order chi connectivity index (χ1) is 19.9. The lowest BCUT2D eigenvalue weighted by Gasteiger charge is -2.37. The molecule has 5 nitrogen and oxygen atoms in total. The molecule has 3 aliphatic rings. The second-order valence-electron chi connectivity index (χ2n) is 10.6. The molecule has 1 aliphatic carbocycles. The van der Waals surface area contributed by atoms with Crippen molar-refractivity contribution < 1.29 is 23.5 Å². The maximum Gasteiger partial charge on any atom is 0.186 e. The van der Waals surface area contributed by atoms with Crippen molar-refractivity contribution in [3.8, 4) is 5.75 Å². The normalized spacial score (nSPS) is 21.5. The Morgan fingerprint density at radius 3 is 2.29 bits per heavy atom. The summed E-state index contributed by atoms with van der Waals surface area (Å²) in [6, 6.07) is 23.1. The fraction of sp³-hybridized carbons (Fsp3) is 0.147. The van der Waals surface area contributed by atoms with E-state index in [0.717, 1.165) is 0 Å². The molecule has 1 saturated heterocycles. The van der Waals surface area contributed by atoms with Crippen LogP contribution in [-0.2, 0) is 0 Å². The summed E-state index contributed by atoms with van der Waals surface area (Å²) in [7, 11) is 1.52. The molecule has 1 fully saturated rings. The lowest BCUT2D eigenvalue weighted by atomic mass is 9.64. The zero-order valence-electron chi connectivity index (χ0n) is 21.9. The maximum atomic E-state index is 14.7. The highest BCUT2D eigenvalue weighted by molar-refractivity contribution is 6.32. The van der Waals surface area contributed by atoms with Gasteiger partial charge in [-0.15, -0.1) is 0 Å². The highest BCUT2D eigenvalue weighted by atomic mass is 35.5. The van der Waals surface area contributed by atoms with Gasteiger partial charge in [0.15, 0.2) is 17.3 Å². The van der Waals surface area contributed by atoms with Crippen LogP contribution < -0.4 is 9.64 Å². The Morgan fingerprint density at radius 1 is 0.902 bits per heavy atom. The third-order valence-corrected chi connectivity index (χ3v) is 8.87. The summed E-state index contributed by atoms with van der Waals surface area (Å²) in [6.45, 7) is 0. The molecular formula is C34H23ClFNO4. The van der Waals surface area contributed by atoms with Crippen LogP contribution in [0.3, 0.4) is 0 Å². The summed E-state index contributed by atoms with van der Waals surface area (Å²) in [4.78, 5) is 45.7. The van der Waals surface area contributed by atoms with Crippen LogP contribution in [0.1, 0.15) is 48.1 Å². The van der Waals surface area contributed by atoms with Gasteiger partial charge in [0, 0.05) is 38.9 Å². The van der Waals surface area contributed by atoms with Gasteiger partial charge in [0.05, 0.1) is 13.2 Å². The van der Waals surface area contributed by atoms with E-state index in [1.54, 1.807) is 91.0 Å². The van der Waals surface area contributed by atoms with E-state index in [-0.39, 0.29) is 17.3 Å². The first kappa shape index (κ1) is 25.4. The van der Waals surface area contributed by atoms with Crippen molar-refractivity contribution >= 4 is 40.7 Å². The summed E-state index contributed by atoms with van der Waals surface area (Å²) >= 11 is 6.26. The van der Waals surface area contributed by atoms with Crippen molar-refractivity contribution in [3.63, 3.8) is 0 Å². The van der Waals surface area contributed by atoms with E-state index in [2.05, 4.69) is 0 Å². The molecule has 0 saturated carbocycles. The fourth-order valence-corrected chi connectivity index (χ4v) is 7.06. The fourth-order valence-electron chi connectivity index (χ4n) is 6.94. The Balaban J connectivity index is 1.54. The summed E-state index contributed by atoms with van der Waals surface area (Å²) in [5.41, 5.74) is 1.18. The topological polar surface area (TPSA) is 63.7 Å². The van der Waals surface area contributed by atoms with Crippen molar-refractivity contribution in [2.24, 2.45) is 5.41 Å². The van der Waals surface area contributed by atoms with Crippen LogP contribution in [-0.4, -0.2) is 36.5 Å². The number of hydrogen-bond acceptors (Lipinski definition) is 5. The molecular weight excluding hydrogens is 541 g/mol. The minimum Gasteiger partial charge on any atom is -0.497 e. The number of ketones is 3. The Labute approximate surface area is 240 Å². The lowest BCUT2D eigenvalue weighted by Crippen LogP contribution is -2.48. The summed E-state index contributed by atoms with van der Waals surface area (Å²) in [5.74, 6) is -1.74. The minimum absolute atomic E-state index is 0.284. The number of methoxy groups -OCH3 is 1. The standard InChI is InChI=1S/C34H23ClFNO4/c1-41-24-6-4-5-21(18-24)31(38)30-29(19-9-12-22(35)13-10-19)34(32(39)25-7-2-3-8-26(25)33(34)40)28-16-11-20-17-23(36)14-15-27(20)37(28)30/h2-18,28-30H,1H3. The number of hydrogen-bond donors (Lipinski definition) is 0. The van der Waals surface area contributed by atoms with Crippen molar-refractivity contribution in [2.45, 2.75) is 18.0 Å². The number of carbonyl (C=O) groups excluding carboxylic acids is 3. The molecule has 41 heavy (non-hydrogen) atoms. The van der Waals surface area contributed by atoms with Crippen LogP contribution in [0.4, 0.5) is 10.1 Å². The van der Waals surface area contributed by atoms with Crippen LogP contribution in [0.25, 0.3) is 6.08 Å². The van der Waals surface area contributed by atoms with Crippen molar-refractivity contribution in [1.82, 2.24) is 0 Å². The van der Waals surface area contributed by atoms with E-state index in [9.17, 15) is 18.8 Å². The zero-order chi connectivity index (χ0) is 28.5. The first-order valence-electron chi connectivity index (χ1n) is 13.2. The van der Waals surface area contributed by atoms with Crippen LogP contribution in [0.5, 0.6) is 5.75 Å². The van der Waals surface area contributed by atoms with E-state index >= 15 is 0 Å². The average Bonchev–Trinajstić information content (AvgIpc) is 3.43. The molecule has 7 rings (SSSR count). The second kappa shape index (κ2) is 9.25. The minimum atomic E-state index is -1.64. The van der Waals surface area contributed by atoms with Gasteiger partial charge in [0.25, 0.3) is 0 Å². The smallest absolute Gasteiger partial charge is 0.186 e. The molecule has 2 heterocycles. The van der Waals surface area contributed by atoms with E-state index in [4.69, 9.17) is 16.3 Å². The lowest BCUT2D eigenvalue weighted by molar-refractivity contribution is 0.0666. The predicted molar refractivity (Wildman–Crippen MR) is 155 cm³/mol. The van der Waals surface area contributed by atoms with Gasteiger partial charge in [0.2, 0.25) is 0 Å². The van der Waals surface area contributed by atoms with E-state index < -0.39 is 29.2 Å². The highest BCUT2D eigenvalue weighted by Crippen LogP contribution is 2.61. The number of anilines is 1. The number of carbonyl (C=O) groups is 3. The van der Waals surface area contributed by atoms with Crippen molar-refractivity contribution in [1.29, 1.82) is 0 Å². The molecule has 4 aromatic rings. The zero-order valence-corrected chi connectivity index (χ0v) is 22.6. The van der Waals surface area contributed by atoms with E-state index in [1.807, 2.05) is 4.90 Å². The number of rotatable bonds is 4. The third-order valence-electron chi connectivity index (χ3n) is 8.62. The number of fused-ring (bicyclic) bond motifs is 5. The molecule has 2 aliphatic heterocycles. The molecule has 3 unspecified atom stereocenters. The largest absolute Gasteiger partial charge is 0.497 e. The summed E-state index contributed by atoms with van der Waals surface area (Å²) in [5, 5.41) is 0.488. The molecule has 4 aromatic carbocycles. The molecule has 0 amide bonds. The molecule has 0 radical (unpaired) electrons. The van der Waals surface area contributed by atoms with Crippen molar-refractivity contribution in [2.75, 3.05) is 12.0 Å².